The summed E-state index contributed by atoms with van der Waals surface area (Å²) in [7, 11) is 0. The normalized spacial score (nSPS) is 20.0. The van der Waals surface area contributed by atoms with Gasteiger partial charge in [0, 0.05) is 52.1 Å². The third-order valence-electron chi connectivity index (χ3n) is 5.84. The van der Waals surface area contributed by atoms with E-state index in [4.69, 9.17) is 0 Å². The summed E-state index contributed by atoms with van der Waals surface area (Å²) in [5.41, 5.74) is 2.26. The molecular weight excluding hydrogens is 360 g/mol. The van der Waals surface area contributed by atoms with Crippen LogP contribution in [-0.4, -0.2) is 52.5 Å². The molecular formula is C25H34N2O2. The Morgan fingerprint density at radius 3 is 1.62 bits per heavy atom. The fourth-order valence-corrected chi connectivity index (χ4v) is 3.84. The first-order chi connectivity index (χ1) is 14.0. The first-order valence-corrected chi connectivity index (χ1v) is 10.8. The van der Waals surface area contributed by atoms with E-state index in [2.05, 4.69) is 58.3 Å². The van der Waals surface area contributed by atoms with Gasteiger partial charge in [0.15, 0.2) is 0 Å². The monoisotopic (exact) mass is 394 g/mol. The molecule has 29 heavy (non-hydrogen) atoms. The standard InChI is InChI=1S/C13H19NO.C12H15NO/c1-13(15)7-9-14(10-8-13)11-12-5-3-2-4-6-12;14-12-6-8-13(9-7-12)10-11-4-2-1-3-5-11/h2-6,15H,7-11H2,1H3;1-5H,6-10H2. The van der Waals surface area contributed by atoms with Crippen LogP contribution in [0.5, 0.6) is 0 Å². The van der Waals surface area contributed by atoms with Crippen LogP contribution in [0.3, 0.4) is 0 Å². The van der Waals surface area contributed by atoms with E-state index in [9.17, 15) is 9.90 Å². The topological polar surface area (TPSA) is 43.8 Å². The van der Waals surface area contributed by atoms with Gasteiger partial charge in [-0.1, -0.05) is 60.7 Å². The second-order valence-corrected chi connectivity index (χ2v) is 8.56. The van der Waals surface area contributed by atoms with E-state index in [1.165, 1.54) is 11.1 Å². The summed E-state index contributed by atoms with van der Waals surface area (Å²) in [4.78, 5) is 15.8. The molecule has 0 saturated carbocycles. The van der Waals surface area contributed by atoms with Crippen LogP contribution in [0.1, 0.15) is 43.7 Å². The van der Waals surface area contributed by atoms with E-state index in [0.29, 0.717) is 5.78 Å². The number of hydrogen-bond acceptors (Lipinski definition) is 4. The Morgan fingerprint density at radius 1 is 0.759 bits per heavy atom. The molecule has 2 saturated heterocycles. The minimum absolute atomic E-state index is 0.411. The lowest BCUT2D eigenvalue weighted by Crippen LogP contribution is -2.41. The van der Waals surface area contributed by atoms with Crippen molar-refractivity contribution >= 4 is 5.78 Å². The number of ketones is 1. The van der Waals surface area contributed by atoms with E-state index >= 15 is 0 Å². The predicted octanol–water partition coefficient (Wildman–Crippen LogP) is 3.88. The van der Waals surface area contributed by atoms with Crippen molar-refractivity contribution in [3.05, 3.63) is 71.8 Å². The number of rotatable bonds is 4. The average molecular weight is 395 g/mol. The van der Waals surface area contributed by atoms with Crippen LogP contribution in [0.15, 0.2) is 60.7 Å². The van der Waals surface area contributed by atoms with Crippen LogP contribution >= 0.6 is 0 Å². The van der Waals surface area contributed by atoms with Crippen LogP contribution in [-0.2, 0) is 17.9 Å². The van der Waals surface area contributed by atoms with Crippen molar-refractivity contribution in [3.63, 3.8) is 0 Å². The molecule has 0 aliphatic carbocycles. The first kappa shape index (κ1) is 21.7. The summed E-state index contributed by atoms with van der Waals surface area (Å²) in [5, 5.41) is 9.83. The molecule has 2 heterocycles. The van der Waals surface area contributed by atoms with Crippen molar-refractivity contribution in [2.45, 2.75) is 51.3 Å². The number of carbonyl (C=O) groups excluding carboxylic acids is 1. The molecule has 2 aliphatic heterocycles. The molecule has 0 aromatic heterocycles. The van der Waals surface area contributed by atoms with Gasteiger partial charge in [0.2, 0.25) is 0 Å². The lowest BCUT2D eigenvalue weighted by atomic mass is 9.93. The third kappa shape index (κ3) is 7.73. The number of aliphatic hydroxyl groups is 1. The minimum atomic E-state index is -0.437. The Labute approximate surface area is 175 Å². The van der Waals surface area contributed by atoms with E-state index in [1.54, 1.807) is 0 Å². The molecule has 1 N–H and O–H groups in total. The van der Waals surface area contributed by atoms with Crippen molar-refractivity contribution in [2.24, 2.45) is 0 Å². The van der Waals surface area contributed by atoms with Gasteiger partial charge in [-0.25, -0.2) is 0 Å². The molecule has 2 aromatic carbocycles. The maximum atomic E-state index is 11.0. The second-order valence-electron chi connectivity index (χ2n) is 8.56. The molecule has 156 valence electrons. The summed E-state index contributed by atoms with van der Waals surface area (Å²) in [6, 6.07) is 20.9. The highest BCUT2D eigenvalue weighted by atomic mass is 16.3. The Kier molecular flexibility index (Phi) is 7.99. The van der Waals surface area contributed by atoms with Crippen LogP contribution in [0.2, 0.25) is 0 Å². The van der Waals surface area contributed by atoms with Crippen molar-refractivity contribution in [3.8, 4) is 0 Å². The van der Waals surface area contributed by atoms with Gasteiger partial charge < -0.3 is 5.11 Å². The van der Waals surface area contributed by atoms with Gasteiger partial charge in [-0.15, -0.1) is 0 Å². The first-order valence-electron chi connectivity index (χ1n) is 10.8. The quantitative estimate of drug-likeness (QED) is 0.855. The Morgan fingerprint density at radius 2 is 1.17 bits per heavy atom. The Bertz CT molecular complexity index is 726. The number of likely N-dealkylation sites (tertiary alicyclic amines) is 2. The number of Topliss-reactive ketones (excluding diaryl/α,β-unsaturated/α-hetero) is 1. The smallest absolute Gasteiger partial charge is 0.135 e. The molecule has 4 nitrogen and oxygen atoms in total. The summed E-state index contributed by atoms with van der Waals surface area (Å²) in [5.74, 6) is 0.411. The highest BCUT2D eigenvalue weighted by Crippen LogP contribution is 2.22. The highest BCUT2D eigenvalue weighted by Gasteiger charge is 2.26. The van der Waals surface area contributed by atoms with Gasteiger partial charge in [-0.2, -0.15) is 0 Å². The second kappa shape index (κ2) is 10.7. The molecule has 0 radical (unpaired) electrons. The third-order valence-corrected chi connectivity index (χ3v) is 5.84. The molecule has 2 aliphatic rings. The number of hydrogen-bond donors (Lipinski definition) is 1. The minimum Gasteiger partial charge on any atom is -0.390 e. The zero-order valence-corrected chi connectivity index (χ0v) is 17.6. The molecule has 0 bridgehead atoms. The van der Waals surface area contributed by atoms with Crippen LogP contribution < -0.4 is 0 Å². The van der Waals surface area contributed by atoms with Gasteiger partial charge in [0.05, 0.1) is 5.60 Å². The molecule has 4 rings (SSSR count). The van der Waals surface area contributed by atoms with Gasteiger partial charge in [-0.3, -0.25) is 14.6 Å². The zero-order chi connectivity index (χ0) is 20.5. The summed E-state index contributed by atoms with van der Waals surface area (Å²) in [6.07, 6.45) is 3.24. The summed E-state index contributed by atoms with van der Waals surface area (Å²) in [6.45, 7) is 7.78. The maximum absolute atomic E-state index is 11.0. The van der Waals surface area contributed by atoms with Crippen molar-refractivity contribution in [1.82, 2.24) is 9.80 Å². The molecule has 0 atom stereocenters. The Hall–Kier alpha value is -2.01. The molecule has 0 unspecified atom stereocenters. The van der Waals surface area contributed by atoms with Gasteiger partial charge >= 0.3 is 0 Å². The predicted molar refractivity (Wildman–Crippen MR) is 118 cm³/mol. The van der Waals surface area contributed by atoms with Gasteiger partial charge in [0.25, 0.3) is 0 Å². The zero-order valence-electron chi connectivity index (χ0n) is 17.6. The molecule has 0 amide bonds. The molecule has 0 spiro atoms. The maximum Gasteiger partial charge on any atom is 0.135 e. The largest absolute Gasteiger partial charge is 0.390 e. The van der Waals surface area contributed by atoms with Crippen molar-refractivity contribution < 1.29 is 9.90 Å². The van der Waals surface area contributed by atoms with Crippen molar-refractivity contribution in [1.29, 1.82) is 0 Å². The van der Waals surface area contributed by atoms with E-state index in [-0.39, 0.29) is 0 Å². The number of carbonyl (C=O) groups is 1. The lowest BCUT2D eigenvalue weighted by Gasteiger charge is -2.35. The fourth-order valence-electron chi connectivity index (χ4n) is 3.84. The van der Waals surface area contributed by atoms with Crippen molar-refractivity contribution in [2.75, 3.05) is 26.2 Å². The van der Waals surface area contributed by atoms with E-state index < -0.39 is 5.60 Å². The van der Waals surface area contributed by atoms with E-state index in [1.807, 2.05) is 19.1 Å². The molecule has 4 heteroatoms. The highest BCUT2D eigenvalue weighted by molar-refractivity contribution is 5.79. The number of piperidine rings is 2. The molecule has 2 aromatic rings. The lowest BCUT2D eigenvalue weighted by molar-refractivity contribution is -0.121. The van der Waals surface area contributed by atoms with Crippen LogP contribution in [0.25, 0.3) is 0 Å². The van der Waals surface area contributed by atoms with Crippen LogP contribution in [0.4, 0.5) is 0 Å². The van der Waals surface area contributed by atoms with Crippen LogP contribution in [0, 0.1) is 0 Å². The fraction of sp³-hybridized carbons (Fsp3) is 0.480. The van der Waals surface area contributed by atoms with Gasteiger partial charge in [-0.05, 0) is 30.9 Å². The Balaban J connectivity index is 0.000000166. The van der Waals surface area contributed by atoms with E-state index in [0.717, 1.165) is 65.0 Å². The SMILES string of the molecule is CC1(O)CCN(Cc2ccccc2)CC1.O=C1CCN(Cc2ccccc2)CC1. The number of benzene rings is 2. The summed E-state index contributed by atoms with van der Waals surface area (Å²) < 4.78 is 0. The number of nitrogens with zero attached hydrogens (tertiary/aromatic N) is 2. The average Bonchev–Trinajstić information content (AvgIpc) is 2.73. The van der Waals surface area contributed by atoms with Gasteiger partial charge in [0.1, 0.15) is 5.78 Å². The summed E-state index contributed by atoms with van der Waals surface area (Å²) >= 11 is 0. The molecule has 2 fully saturated rings.